The van der Waals surface area contributed by atoms with Crippen LogP contribution in [0, 0.1) is 19.8 Å². The molecule has 0 radical (unpaired) electrons. The zero-order valence-electron chi connectivity index (χ0n) is 11.3. The second kappa shape index (κ2) is 6.62. The molecule has 3 N–H and O–H groups in total. The standard InChI is InChI=1S/C14H24N2O/c1-10(7-15)8-16-9-13-5-12(3)14(17-4)6-11(13)2/h5-6,10,16H,7-9,15H2,1-4H3. The van der Waals surface area contributed by atoms with E-state index in [4.69, 9.17) is 10.5 Å². The van der Waals surface area contributed by atoms with Crippen LogP contribution in [0.4, 0.5) is 0 Å². The lowest BCUT2D eigenvalue weighted by Crippen LogP contribution is -2.26. The molecule has 0 aliphatic rings. The molecule has 0 heterocycles. The predicted molar refractivity (Wildman–Crippen MR) is 72.4 cm³/mol. The van der Waals surface area contributed by atoms with Gasteiger partial charge in [0.05, 0.1) is 7.11 Å². The number of nitrogens with one attached hydrogen (secondary N) is 1. The molecule has 0 aliphatic carbocycles. The summed E-state index contributed by atoms with van der Waals surface area (Å²) < 4.78 is 5.30. The first kappa shape index (κ1) is 14.0. The Morgan fingerprint density at radius 3 is 2.59 bits per heavy atom. The third-order valence-electron chi connectivity index (χ3n) is 3.06. The molecule has 17 heavy (non-hydrogen) atoms. The quantitative estimate of drug-likeness (QED) is 0.794. The first-order valence-corrected chi connectivity index (χ1v) is 6.13. The van der Waals surface area contributed by atoms with Gasteiger partial charge in [-0.2, -0.15) is 0 Å². The zero-order valence-corrected chi connectivity index (χ0v) is 11.3. The summed E-state index contributed by atoms with van der Waals surface area (Å²) in [4.78, 5) is 0. The molecule has 0 fully saturated rings. The van der Waals surface area contributed by atoms with Crippen LogP contribution in [0.15, 0.2) is 12.1 Å². The van der Waals surface area contributed by atoms with Crippen LogP contribution in [0.25, 0.3) is 0 Å². The van der Waals surface area contributed by atoms with Crippen LogP contribution in [0.2, 0.25) is 0 Å². The van der Waals surface area contributed by atoms with Gasteiger partial charge in [0, 0.05) is 6.54 Å². The summed E-state index contributed by atoms with van der Waals surface area (Å²) in [6, 6.07) is 4.28. The van der Waals surface area contributed by atoms with E-state index in [0.717, 1.165) is 25.4 Å². The van der Waals surface area contributed by atoms with Crippen LogP contribution < -0.4 is 15.8 Å². The summed E-state index contributed by atoms with van der Waals surface area (Å²) in [5, 5.41) is 3.44. The predicted octanol–water partition coefficient (Wildman–Crippen LogP) is 2.00. The average molecular weight is 236 g/mol. The molecule has 1 rings (SSSR count). The Kier molecular flexibility index (Phi) is 5.45. The molecule has 1 atom stereocenters. The van der Waals surface area contributed by atoms with Crippen LogP contribution in [0.3, 0.4) is 0 Å². The zero-order chi connectivity index (χ0) is 12.8. The fourth-order valence-electron chi connectivity index (χ4n) is 1.80. The van der Waals surface area contributed by atoms with Gasteiger partial charge in [0.2, 0.25) is 0 Å². The van der Waals surface area contributed by atoms with Crippen molar-refractivity contribution in [3.63, 3.8) is 0 Å². The van der Waals surface area contributed by atoms with Gasteiger partial charge in [-0.25, -0.2) is 0 Å². The Hall–Kier alpha value is -1.06. The van der Waals surface area contributed by atoms with Crippen LogP contribution in [-0.4, -0.2) is 20.2 Å². The molecule has 3 nitrogen and oxygen atoms in total. The van der Waals surface area contributed by atoms with Gasteiger partial charge in [0.15, 0.2) is 0 Å². The van der Waals surface area contributed by atoms with Crippen LogP contribution >= 0.6 is 0 Å². The van der Waals surface area contributed by atoms with Crippen molar-refractivity contribution in [3.05, 3.63) is 28.8 Å². The number of methoxy groups -OCH3 is 1. The molecule has 0 saturated carbocycles. The molecule has 1 aromatic rings. The summed E-state index contributed by atoms with van der Waals surface area (Å²) in [7, 11) is 1.71. The highest BCUT2D eigenvalue weighted by atomic mass is 16.5. The fraction of sp³-hybridized carbons (Fsp3) is 0.571. The van der Waals surface area contributed by atoms with Crippen molar-refractivity contribution in [2.24, 2.45) is 11.7 Å². The molecule has 0 bridgehead atoms. The fourth-order valence-corrected chi connectivity index (χ4v) is 1.80. The summed E-state index contributed by atoms with van der Waals surface area (Å²) in [5.41, 5.74) is 9.36. The second-order valence-corrected chi connectivity index (χ2v) is 4.72. The van der Waals surface area contributed by atoms with Crippen molar-refractivity contribution in [1.29, 1.82) is 0 Å². The van der Waals surface area contributed by atoms with Crippen molar-refractivity contribution in [2.45, 2.75) is 27.3 Å². The average Bonchev–Trinajstić information content (AvgIpc) is 2.32. The third kappa shape index (κ3) is 4.02. The van der Waals surface area contributed by atoms with E-state index in [2.05, 4.69) is 38.2 Å². The molecule has 1 aromatic carbocycles. The normalized spacial score (nSPS) is 12.5. The van der Waals surface area contributed by atoms with Gasteiger partial charge in [-0.1, -0.05) is 13.0 Å². The Morgan fingerprint density at radius 1 is 1.29 bits per heavy atom. The maximum atomic E-state index is 5.59. The molecule has 0 spiro atoms. The van der Waals surface area contributed by atoms with E-state index < -0.39 is 0 Å². The van der Waals surface area contributed by atoms with Crippen LogP contribution in [0.1, 0.15) is 23.6 Å². The third-order valence-corrected chi connectivity index (χ3v) is 3.06. The minimum atomic E-state index is 0.523. The molecule has 1 unspecified atom stereocenters. The van der Waals surface area contributed by atoms with E-state index in [1.54, 1.807) is 7.11 Å². The minimum Gasteiger partial charge on any atom is -0.496 e. The topological polar surface area (TPSA) is 47.3 Å². The van der Waals surface area contributed by atoms with E-state index in [1.165, 1.54) is 16.7 Å². The van der Waals surface area contributed by atoms with Gasteiger partial charge in [-0.05, 0) is 55.6 Å². The smallest absolute Gasteiger partial charge is 0.122 e. The number of aryl methyl sites for hydroxylation is 2. The number of ether oxygens (including phenoxy) is 1. The van der Waals surface area contributed by atoms with Gasteiger partial charge in [-0.15, -0.1) is 0 Å². The van der Waals surface area contributed by atoms with E-state index in [-0.39, 0.29) is 0 Å². The summed E-state index contributed by atoms with van der Waals surface area (Å²) in [6.07, 6.45) is 0. The molecule has 0 amide bonds. The van der Waals surface area contributed by atoms with Gasteiger partial charge in [0.1, 0.15) is 5.75 Å². The highest BCUT2D eigenvalue weighted by Crippen LogP contribution is 2.22. The molecular formula is C14H24N2O. The summed E-state index contributed by atoms with van der Waals surface area (Å²) >= 11 is 0. The van der Waals surface area contributed by atoms with E-state index in [9.17, 15) is 0 Å². The number of rotatable bonds is 6. The monoisotopic (exact) mass is 236 g/mol. The van der Waals surface area contributed by atoms with Crippen LogP contribution in [-0.2, 0) is 6.54 Å². The lowest BCUT2D eigenvalue weighted by molar-refractivity contribution is 0.411. The van der Waals surface area contributed by atoms with E-state index in [0.29, 0.717) is 5.92 Å². The highest BCUT2D eigenvalue weighted by Gasteiger charge is 2.05. The second-order valence-electron chi connectivity index (χ2n) is 4.72. The molecule has 0 aromatic heterocycles. The molecule has 0 aliphatic heterocycles. The summed E-state index contributed by atoms with van der Waals surface area (Å²) in [5.74, 6) is 1.48. The lowest BCUT2D eigenvalue weighted by atomic mass is 10.0. The number of nitrogens with two attached hydrogens (primary N) is 1. The van der Waals surface area contributed by atoms with Crippen molar-refractivity contribution < 1.29 is 4.74 Å². The van der Waals surface area contributed by atoms with Crippen molar-refractivity contribution in [1.82, 2.24) is 5.32 Å². The van der Waals surface area contributed by atoms with Gasteiger partial charge >= 0.3 is 0 Å². The molecule has 0 saturated heterocycles. The Morgan fingerprint density at radius 2 is 2.00 bits per heavy atom. The van der Waals surface area contributed by atoms with Crippen molar-refractivity contribution in [3.8, 4) is 5.75 Å². The Labute approximate surface area is 104 Å². The number of hydrogen-bond donors (Lipinski definition) is 2. The van der Waals surface area contributed by atoms with Crippen molar-refractivity contribution in [2.75, 3.05) is 20.2 Å². The SMILES string of the molecule is COc1cc(C)c(CNCC(C)CN)cc1C. The molecule has 3 heteroatoms. The molecular weight excluding hydrogens is 212 g/mol. The first-order chi connectivity index (χ1) is 8.08. The number of hydrogen-bond acceptors (Lipinski definition) is 3. The van der Waals surface area contributed by atoms with Gasteiger partial charge in [-0.3, -0.25) is 0 Å². The Bertz CT molecular complexity index is 363. The lowest BCUT2D eigenvalue weighted by Gasteiger charge is -2.14. The maximum absolute atomic E-state index is 5.59. The van der Waals surface area contributed by atoms with Gasteiger partial charge in [0.25, 0.3) is 0 Å². The molecule has 96 valence electrons. The maximum Gasteiger partial charge on any atom is 0.122 e. The van der Waals surface area contributed by atoms with Crippen molar-refractivity contribution >= 4 is 0 Å². The highest BCUT2D eigenvalue weighted by molar-refractivity contribution is 5.41. The van der Waals surface area contributed by atoms with E-state index in [1.807, 2.05) is 0 Å². The van der Waals surface area contributed by atoms with Crippen LogP contribution in [0.5, 0.6) is 5.75 Å². The Balaban J connectivity index is 2.62. The largest absolute Gasteiger partial charge is 0.496 e. The minimum absolute atomic E-state index is 0.523. The first-order valence-electron chi connectivity index (χ1n) is 6.13. The number of benzene rings is 1. The summed E-state index contributed by atoms with van der Waals surface area (Å²) in [6.45, 7) is 8.92. The van der Waals surface area contributed by atoms with Gasteiger partial charge < -0.3 is 15.8 Å². The van der Waals surface area contributed by atoms with E-state index >= 15 is 0 Å².